The maximum Gasteiger partial charge on any atom is 0.309 e. The first kappa shape index (κ1) is 28.9. The zero-order valence-electron chi connectivity index (χ0n) is 24.3. The van der Waals surface area contributed by atoms with Crippen molar-refractivity contribution in [3.05, 3.63) is 58.3 Å². The number of carbonyl (C=O) groups excluding carboxylic acids is 2. The molecule has 4 aromatic rings. The monoisotopic (exact) mass is 575 g/mol. The molecule has 0 bridgehead atoms. The second-order valence-corrected chi connectivity index (χ2v) is 11.3. The molecule has 0 saturated heterocycles. The van der Waals surface area contributed by atoms with E-state index >= 15 is 0 Å². The van der Waals surface area contributed by atoms with Crippen molar-refractivity contribution in [2.24, 2.45) is 13.0 Å². The molecular formula is C32H33NO9. The summed E-state index contributed by atoms with van der Waals surface area (Å²) < 4.78 is 25.8. The summed E-state index contributed by atoms with van der Waals surface area (Å²) in [7, 11) is 3.26. The molecule has 10 heteroatoms. The lowest BCUT2D eigenvalue weighted by atomic mass is 9.86. The minimum absolute atomic E-state index is 0.256. The number of pyridine rings is 1. The molecule has 1 aliphatic rings. The van der Waals surface area contributed by atoms with E-state index in [0.29, 0.717) is 27.7 Å². The van der Waals surface area contributed by atoms with Crippen molar-refractivity contribution in [2.75, 3.05) is 7.11 Å². The number of aliphatic carboxylic acids is 1. The van der Waals surface area contributed by atoms with Crippen LogP contribution in [0.4, 0.5) is 0 Å². The molecule has 0 fully saturated rings. The van der Waals surface area contributed by atoms with E-state index in [9.17, 15) is 19.2 Å². The van der Waals surface area contributed by atoms with Crippen molar-refractivity contribution in [1.29, 1.82) is 0 Å². The van der Waals surface area contributed by atoms with Crippen LogP contribution in [0.3, 0.4) is 0 Å². The van der Waals surface area contributed by atoms with E-state index in [0.717, 1.165) is 10.8 Å². The number of rotatable bonds is 7. The Labute approximate surface area is 241 Å². The molecule has 0 saturated carbocycles. The standard InChI is InChI=1S/C32H33NO9/c1-16(2)31(38)41-29-26-22(42-32(3,4)30(29)40-24(36)12-11-23(34)35)15-21(39-6)25-27(26)33(5)20-14-18-10-8-7-9-17(18)13-19(20)28(25)37/h7-10,13-16,29-30H,11-12H2,1-6H3,(H,34,35)/t29-,30-/m1/s1. The summed E-state index contributed by atoms with van der Waals surface area (Å²) in [6.45, 7) is 6.73. The highest BCUT2D eigenvalue weighted by Gasteiger charge is 2.50. The van der Waals surface area contributed by atoms with Crippen LogP contribution >= 0.6 is 0 Å². The fraction of sp³-hybridized carbons (Fsp3) is 0.375. The number of aromatic nitrogens is 1. The van der Waals surface area contributed by atoms with Gasteiger partial charge in [0.1, 0.15) is 17.1 Å². The molecule has 42 heavy (non-hydrogen) atoms. The summed E-state index contributed by atoms with van der Waals surface area (Å²) in [5, 5.41) is 11.6. The molecule has 3 aromatic carbocycles. The number of carboxylic acid groups (broad SMARTS) is 1. The topological polar surface area (TPSA) is 130 Å². The van der Waals surface area contributed by atoms with E-state index in [1.807, 2.05) is 41.0 Å². The fourth-order valence-electron chi connectivity index (χ4n) is 5.52. The molecule has 1 aliphatic heterocycles. The number of esters is 2. The van der Waals surface area contributed by atoms with Gasteiger partial charge >= 0.3 is 17.9 Å². The molecule has 2 heterocycles. The summed E-state index contributed by atoms with van der Waals surface area (Å²) in [6, 6.07) is 13.1. The Morgan fingerprint density at radius 1 is 1.05 bits per heavy atom. The highest BCUT2D eigenvalue weighted by molar-refractivity contribution is 6.04. The third kappa shape index (κ3) is 4.91. The van der Waals surface area contributed by atoms with E-state index in [1.165, 1.54) is 7.11 Å². The van der Waals surface area contributed by atoms with Gasteiger partial charge in [0.25, 0.3) is 0 Å². The summed E-state index contributed by atoms with van der Waals surface area (Å²) in [5.74, 6) is -2.40. The number of nitrogens with zero attached hydrogens (tertiary/aromatic N) is 1. The van der Waals surface area contributed by atoms with Crippen LogP contribution in [0, 0.1) is 5.92 Å². The number of methoxy groups -OCH3 is 1. The van der Waals surface area contributed by atoms with Gasteiger partial charge in [0, 0.05) is 18.5 Å². The maximum absolute atomic E-state index is 14.1. The normalized spacial score (nSPS) is 17.6. The first-order valence-electron chi connectivity index (χ1n) is 13.7. The number of aryl methyl sites for hydroxylation is 1. The van der Waals surface area contributed by atoms with Crippen molar-refractivity contribution in [2.45, 2.75) is 58.3 Å². The molecule has 0 unspecified atom stereocenters. The molecule has 0 aliphatic carbocycles. The summed E-state index contributed by atoms with van der Waals surface area (Å²) in [6.07, 6.45) is -3.13. The average Bonchev–Trinajstić information content (AvgIpc) is 2.94. The van der Waals surface area contributed by atoms with E-state index in [1.54, 1.807) is 40.8 Å². The van der Waals surface area contributed by atoms with Gasteiger partial charge in [-0.1, -0.05) is 38.1 Å². The van der Waals surface area contributed by atoms with Gasteiger partial charge in [-0.05, 0) is 36.8 Å². The molecule has 0 amide bonds. The van der Waals surface area contributed by atoms with Crippen molar-refractivity contribution in [3.8, 4) is 11.5 Å². The highest BCUT2D eigenvalue weighted by atomic mass is 16.6. The van der Waals surface area contributed by atoms with Crippen LogP contribution in [0.1, 0.15) is 52.2 Å². The van der Waals surface area contributed by atoms with Crippen molar-refractivity contribution in [1.82, 2.24) is 4.57 Å². The van der Waals surface area contributed by atoms with E-state index in [2.05, 4.69) is 0 Å². The zero-order valence-corrected chi connectivity index (χ0v) is 24.3. The first-order valence-corrected chi connectivity index (χ1v) is 13.7. The predicted molar refractivity (Wildman–Crippen MR) is 156 cm³/mol. The second kappa shape index (κ2) is 10.7. The van der Waals surface area contributed by atoms with E-state index in [4.69, 9.17) is 24.1 Å². The smallest absolute Gasteiger partial charge is 0.309 e. The van der Waals surface area contributed by atoms with Gasteiger partial charge in [0.15, 0.2) is 12.2 Å². The van der Waals surface area contributed by atoms with Gasteiger partial charge in [0.05, 0.1) is 47.9 Å². The van der Waals surface area contributed by atoms with Gasteiger partial charge < -0.3 is 28.6 Å². The summed E-state index contributed by atoms with van der Waals surface area (Å²) >= 11 is 0. The minimum Gasteiger partial charge on any atom is -0.496 e. The lowest BCUT2D eigenvalue weighted by Gasteiger charge is -2.44. The second-order valence-electron chi connectivity index (χ2n) is 11.3. The number of carboxylic acids is 1. The molecule has 0 radical (unpaired) electrons. The van der Waals surface area contributed by atoms with Crippen LogP contribution in [0.2, 0.25) is 0 Å². The number of benzene rings is 3. The van der Waals surface area contributed by atoms with E-state index in [-0.39, 0.29) is 23.0 Å². The van der Waals surface area contributed by atoms with Crippen molar-refractivity contribution < 1.29 is 38.4 Å². The Morgan fingerprint density at radius 2 is 1.71 bits per heavy atom. The number of hydrogen-bond donors (Lipinski definition) is 1. The Balaban J connectivity index is 1.84. The van der Waals surface area contributed by atoms with Crippen LogP contribution in [-0.2, 0) is 30.9 Å². The lowest BCUT2D eigenvalue weighted by molar-refractivity contribution is -0.192. The van der Waals surface area contributed by atoms with Gasteiger partial charge in [-0.15, -0.1) is 0 Å². The number of hydrogen-bond acceptors (Lipinski definition) is 8. The van der Waals surface area contributed by atoms with Crippen molar-refractivity contribution >= 4 is 50.5 Å². The van der Waals surface area contributed by atoms with Crippen LogP contribution in [0.5, 0.6) is 11.5 Å². The molecule has 10 nitrogen and oxygen atoms in total. The Kier molecular flexibility index (Phi) is 7.34. The third-order valence-electron chi connectivity index (χ3n) is 7.65. The molecule has 5 rings (SSSR count). The Morgan fingerprint density at radius 3 is 2.33 bits per heavy atom. The Bertz CT molecular complexity index is 1820. The first-order chi connectivity index (χ1) is 19.8. The predicted octanol–water partition coefficient (Wildman–Crippen LogP) is 5.04. The lowest BCUT2D eigenvalue weighted by Crippen LogP contribution is -2.52. The quantitative estimate of drug-likeness (QED) is 0.238. The van der Waals surface area contributed by atoms with Gasteiger partial charge in [-0.2, -0.15) is 0 Å². The van der Waals surface area contributed by atoms with E-state index < -0.39 is 48.1 Å². The van der Waals surface area contributed by atoms with Crippen LogP contribution in [-0.4, -0.2) is 46.4 Å². The van der Waals surface area contributed by atoms with Crippen LogP contribution in [0.15, 0.2) is 47.3 Å². The van der Waals surface area contributed by atoms with Gasteiger partial charge in [0.2, 0.25) is 5.43 Å². The molecule has 2 atom stereocenters. The zero-order chi connectivity index (χ0) is 30.5. The number of carbonyl (C=O) groups is 3. The largest absolute Gasteiger partial charge is 0.496 e. The van der Waals surface area contributed by atoms with Crippen molar-refractivity contribution in [3.63, 3.8) is 0 Å². The maximum atomic E-state index is 14.1. The molecular weight excluding hydrogens is 542 g/mol. The summed E-state index contributed by atoms with van der Waals surface area (Å²) in [5.41, 5.74) is -0.100. The number of fused-ring (bicyclic) bond motifs is 5. The number of ether oxygens (including phenoxy) is 4. The molecule has 1 aromatic heterocycles. The average molecular weight is 576 g/mol. The Hall–Kier alpha value is -4.60. The molecule has 220 valence electrons. The fourth-order valence-corrected chi connectivity index (χ4v) is 5.52. The highest BCUT2D eigenvalue weighted by Crippen LogP contribution is 2.49. The van der Waals surface area contributed by atoms with Crippen LogP contribution in [0.25, 0.3) is 32.6 Å². The van der Waals surface area contributed by atoms with Crippen LogP contribution < -0.4 is 14.9 Å². The van der Waals surface area contributed by atoms with Gasteiger partial charge in [-0.3, -0.25) is 19.2 Å². The van der Waals surface area contributed by atoms with Gasteiger partial charge in [-0.25, -0.2) is 0 Å². The summed E-state index contributed by atoms with van der Waals surface area (Å²) in [4.78, 5) is 51.1. The third-order valence-corrected chi connectivity index (χ3v) is 7.65. The molecule has 0 spiro atoms. The SMILES string of the molecule is COc1cc2c(c3c1c(=O)c1cc4ccccc4cc1n3C)[C@@H](OC(=O)C(C)C)[C@@H](OC(=O)CCC(=O)O)C(C)(C)O2. The minimum atomic E-state index is -1.21. The molecule has 1 N–H and O–H groups in total.